The summed E-state index contributed by atoms with van der Waals surface area (Å²) in [6.45, 7) is 1.16. The lowest BCUT2D eigenvalue weighted by Gasteiger charge is -2.27. The highest BCUT2D eigenvalue weighted by Crippen LogP contribution is 2.35. The minimum absolute atomic E-state index is 0.207. The van der Waals surface area contributed by atoms with E-state index >= 15 is 0 Å². The Kier molecular flexibility index (Phi) is 6.62. The Morgan fingerprint density at radius 3 is 2.28 bits per heavy atom. The Labute approximate surface area is 174 Å². The lowest BCUT2D eigenvalue weighted by Crippen LogP contribution is -2.30. The Morgan fingerprint density at radius 1 is 1.00 bits per heavy atom. The molecule has 3 rings (SSSR count). The third kappa shape index (κ3) is 4.63. The van der Waals surface area contributed by atoms with Gasteiger partial charge in [0.25, 0.3) is 0 Å². The smallest absolute Gasteiger partial charge is 0.200 e. The van der Waals surface area contributed by atoms with E-state index in [1.54, 1.807) is 19.1 Å². The van der Waals surface area contributed by atoms with Gasteiger partial charge in [-0.2, -0.15) is 4.31 Å². The molecule has 0 aliphatic heterocycles. The summed E-state index contributed by atoms with van der Waals surface area (Å²) in [6.07, 6.45) is 0. The van der Waals surface area contributed by atoms with E-state index in [-0.39, 0.29) is 11.3 Å². The molecule has 0 heterocycles. The van der Waals surface area contributed by atoms with Crippen molar-refractivity contribution in [3.63, 3.8) is 0 Å². The number of aliphatic hydroxyl groups is 1. The number of aliphatic hydroxyl groups excluding tert-OH is 1. The fourth-order valence-electron chi connectivity index (χ4n) is 3.07. The summed E-state index contributed by atoms with van der Waals surface area (Å²) in [7, 11) is -2.40. The van der Waals surface area contributed by atoms with Crippen molar-refractivity contribution in [2.45, 2.75) is 24.5 Å². The first-order chi connectivity index (χ1) is 13.8. The number of anilines is 1. The molecule has 3 aromatic carbocycles. The van der Waals surface area contributed by atoms with Crippen LogP contribution >= 0.6 is 11.6 Å². The molecule has 0 saturated heterocycles. The molecule has 0 fully saturated rings. The molecule has 2 atom stereocenters. The van der Waals surface area contributed by atoms with Crippen LogP contribution in [-0.4, -0.2) is 5.11 Å². The fraction of sp³-hybridized carbons (Fsp3) is 0.143. The Hall–Kier alpha value is -2.35. The fourth-order valence-corrected chi connectivity index (χ4v) is 4.64. The first-order valence-corrected chi connectivity index (χ1v) is 10.3. The number of nitrogens with zero attached hydrogens (tertiary/aromatic N) is 1. The summed E-state index contributed by atoms with van der Waals surface area (Å²) in [5.41, 5.74) is 0.496. The van der Waals surface area contributed by atoms with E-state index in [1.165, 1.54) is 28.6 Å². The average Bonchev–Trinajstić information content (AvgIpc) is 2.70. The number of thiol groups is 1. The van der Waals surface area contributed by atoms with Gasteiger partial charge in [-0.15, -0.1) is 0 Å². The molecule has 0 aromatic heterocycles. The quantitative estimate of drug-likeness (QED) is 0.407. The summed E-state index contributed by atoms with van der Waals surface area (Å²) in [5.74, 6) is -2.00. The van der Waals surface area contributed by atoms with E-state index in [2.05, 4.69) is 0 Å². The SMILES string of the molecule is C[C@H](c1ccc(F)cc1CO)N(c1cc(F)ccc1F)[SH+](=O)c1ccc(Cl)cc1. The minimum Gasteiger partial charge on any atom is -0.392 e. The molecule has 0 aliphatic rings. The Morgan fingerprint density at radius 2 is 1.62 bits per heavy atom. The third-order valence-corrected chi connectivity index (χ3v) is 6.44. The normalized spacial score (nSPS) is 13.2. The van der Waals surface area contributed by atoms with Crippen LogP contribution in [0.25, 0.3) is 0 Å². The maximum absolute atomic E-state index is 14.6. The molecule has 152 valence electrons. The van der Waals surface area contributed by atoms with Crippen molar-refractivity contribution < 1.29 is 22.5 Å². The van der Waals surface area contributed by atoms with E-state index in [9.17, 15) is 22.5 Å². The zero-order chi connectivity index (χ0) is 21.1. The van der Waals surface area contributed by atoms with Gasteiger partial charge in [0.2, 0.25) is 0 Å². The van der Waals surface area contributed by atoms with Crippen LogP contribution in [0.1, 0.15) is 24.1 Å². The van der Waals surface area contributed by atoms with Crippen LogP contribution in [0.15, 0.2) is 65.6 Å². The van der Waals surface area contributed by atoms with Gasteiger partial charge in [-0.1, -0.05) is 21.9 Å². The summed E-state index contributed by atoms with van der Waals surface area (Å²) in [5, 5.41) is 10.1. The first kappa shape index (κ1) is 21.4. The van der Waals surface area contributed by atoms with Gasteiger partial charge in [0.15, 0.2) is 21.7 Å². The van der Waals surface area contributed by atoms with Crippen LogP contribution in [0, 0.1) is 17.5 Å². The molecule has 0 aliphatic carbocycles. The van der Waals surface area contributed by atoms with Crippen molar-refractivity contribution in [3.8, 4) is 0 Å². The van der Waals surface area contributed by atoms with E-state index < -0.39 is 41.1 Å². The second kappa shape index (κ2) is 8.98. The molecule has 3 aromatic rings. The highest BCUT2D eigenvalue weighted by Gasteiger charge is 2.32. The standard InChI is InChI=1S/C21H17ClF3NO2S/c1-13(19-8-4-16(23)10-14(19)12-27)26(21-11-17(24)5-9-20(21)25)29(28)18-6-2-15(22)3-7-18/h2-11,13,27H,12H2,1H3/p+1/t13-,29?/m1/s1. The molecule has 3 nitrogen and oxygen atoms in total. The summed E-state index contributed by atoms with van der Waals surface area (Å²) in [6, 6.07) is 12.1. The number of rotatable bonds is 6. The van der Waals surface area contributed by atoms with Gasteiger partial charge >= 0.3 is 0 Å². The maximum atomic E-state index is 14.6. The first-order valence-electron chi connectivity index (χ1n) is 8.68. The van der Waals surface area contributed by atoms with Crippen molar-refractivity contribution in [2.24, 2.45) is 0 Å². The topological polar surface area (TPSA) is 40.5 Å². The highest BCUT2D eigenvalue weighted by atomic mass is 35.5. The summed E-state index contributed by atoms with van der Waals surface area (Å²) < 4.78 is 56.7. The number of hydrogen-bond acceptors (Lipinski definition) is 2. The second-order valence-electron chi connectivity index (χ2n) is 6.37. The van der Waals surface area contributed by atoms with Gasteiger partial charge < -0.3 is 5.11 Å². The monoisotopic (exact) mass is 440 g/mol. The molecular formula is C21H18ClF3NO2S+. The van der Waals surface area contributed by atoms with Gasteiger partial charge in [0.05, 0.1) is 12.6 Å². The van der Waals surface area contributed by atoms with E-state index in [1.807, 2.05) is 0 Å². The summed E-state index contributed by atoms with van der Waals surface area (Å²) in [4.78, 5) is 0.354. The van der Waals surface area contributed by atoms with Crippen LogP contribution in [0.4, 0.5) is 18.9 Å². The van der Waals surface area contributed by atoms with E-state index in [0.29, 0.717) is 15.5 Å². The maximum Gasteiger partial charge on any atom is 0.200 e. The van der Waals surface area contributed by atoms with Gasteiger partial charge in [-0.3, -0.25) is 0 Å². The zero-order valence-corrected chi connectivity index (χ0v) is 17.0. The van der Waals surface area contributed by atoms with Crippen LogP contribution in [0.3, 0.4) is 0 Å². The highest BCUT2D eigenvalue weighted by molar-refractivity contribution is 7.86. The van der Waals surface area contributed by atoms with Crippen LogP contribution in [0.2, 0.25) is 5.02 Å². The van der Waals surface area contributed by atoms with Gasteiger partial charge in [0, 0.05) is 11.1 Å². The van der Waals surface area contributed by atoms with Crippen molar-refractivity contribution in [1.29, 1.82) is 0 Å². The lowest BCUT2D eigenvalue weighted by molar-refractivity contribution is 0.279. The zero-order valence-electron chi connectivity index (χ0n) is 15.3. The van der Waals surface area contributed by atoms with Gasteiger partial charge in [-0.25, -0.2) is 13.2 Å². The molecule has 0 saturated carbocycles. The molecule has 8 heteroatoms. The number of hydrogen-bond donors (Lipinski definition) is 1. The Balaban J connectivity index is 2.16. The van der Waals surface area contributed by atoms with Crippen molar-refractivity contribution in [1.82, 2.24) is 0 Å². The molecule has 1 unspecified atom stereocenters. The van der Waals surface area contributed by atoms with Gasteiger partial charge in [-0.05, 0) is 66.6 Å². The molecule has 29 heavy (non-hydrogen) atoms. The van der Waals surface area contributed by atoms with Crippen LogP contribution in [0.5, 0.6) is 0 Å². The predicted octanol–water partition coefficient (Wildman–Crippen LogP) is 5.49. The average molecular weight is 441 g/mol. The van der Waals surface area contributed by atoms with Gasteiger partial charge in [0.1, 0.15) is 17.3 Å². The van der Waals surface area contributed by atoms with Crippen LogP contribution in [-0.2, 0) is 21.8 Å². The number of halogens is 4. The van der Waals surface area contributed by atoms with Crippen molar-refractivity contribution in [2.75, 3.05) is 4.31 Å². The largest absolute Gasteiger partial charge is 0.392 e. The molecular weight excluding hydrogens is 423 g/mol. The van der Waals surface area contributed by atoms with E-state index in [0.717, 1.165) is 24.3 Å². The molecule has 0 bridgehead atoms. The summed E-state index contributed by atoms with van der Waals surface area (Å²) >= 11 is 5.89. The minimum atomic E-state index is -2.40. The van der Waals surface area contributed by atoms with Crippen molar-refractivity contribution >= 4 is 28.3 Å². The Bertz CT molecular complexity index is 1050. The number of benzene rings is 3. The molecule has 1 N–H and O–H groups in total. The predicted molar refractivity (Wildman–Crippen MR) is 109 cm³/mol. The molecule has 0 spiro atoms. The molecule has 0 amide bonds. The molecule has 0 radical (unpaired) electrons. The van der Waals surface area contributed by atoms with Crippen molar-refractivity contribution in [3.05, 3.63) is 94.3 Å². The second-order valence-corrected chi connectivity index (χ2v) is 8.30. The van der Waals surface area contributed by atoms with E-state index in [4.69, 9.17) is 11.6 Å². The third-order valence-electron chi connectivity index (χ3n) is 4.49. The lowest BCUT2D eigenvalue weighted by atomic mass is 10.0. The van der Waals surface area contributed by atoms with Crippen LogP contribution < -0.4 is 4.31 Å².